The molecule has 1 heterocycles. The van der Waals surface area contributed by atoms with Crippen molar-refractivity contribution in [1.29, 1.82) is 0 Å². The van der Waals surface area contributed by atoms with Crippen LogP contribution in [0.15, 0.2) is 48.5 Å². The van der Waals surface area contributed by atoms with Crippen LogP contribution < -0.4 is 10.2 Å². The van der Waals surface area contributed by atoms with Crippen molar-refractivity contribution in [2.45, 2.75) is 92.5 Å². The molecule has 0 saturated carbocycles. The fraction of sp³-hybridized carbons (Fsp3) is 0.605. The zero-order valence-electron chi connectivity index (χ0n) is 30.0. The number of unbranched alkanes of at least 4 members (excludes halogenated alkanes) is 4. The van der Waals surface area contributed by atoms with E-state index in [-0.39, 0.29) is 31.1 Å². The van der Waals surface area contributed by atoms with Crippen molar-refractivity contribution in [1.82, 2.24) is 24.9 Å². The van der Waals surface area contributed by atoms with Crippen LogP contribution in [-0.4, -0.2) is 103 Å². The minimum absolute atomic E-state index is 0.0298. The summed E-state index contributed by atoms with van der Waals surface area (Å²) in [7, 11) is 0. The van der Waals surface area contributed by atoms with Crippen molar-refractivity contribution in [3.05, 3.63) is 59.7 Å². The maximum absolute atomic E-state index is 14.6. The first-order valence-electron chi connectivity index (χ1n) is 18.0. The number of aryl methyl sites for hydroxylation is 2. The van der Waals surface area contributed by atoms with Gasteiger partial charge >= 0.3 is 12.1 Å². The topological polar surface area (TPSA) is 79.4 Å². The zero-order chi connectivity index (χ0) is 34.2. The molecule has 47 heavy (non-hydrogen) atoms. The molecule has 2 aromatic carbocycles. The molecule has 1 aliphatic heterocycles. The van der Waals surface area contributed by atoms with Gasteiger partial charge in [0, 0.05) is 32.7 Å². The Bertz CT molecular complexity index is 1220. The molecule has 260 valence electrons. The summed E-state index contributed by atoms with van der Waals surface area (Å²) in [5.41, 5.74) is 3.60. The zero-order valence-corrected chi connectivity index (χ0v) is 30.0. The fourth-order valence-electron chi connectivity index (χ4n) is 6.35. The van der Waals surface area contributed by atoms with Crippen LogP contribution in [0.4, 0.5) is 21.0 Å². The number of hydrogen-bond donors (Lipinski definition) is 1. The van der Waals surface area contributed by atoms with Gasteiger partial charge in [0.1, 0.15) is 6.04 Å². The van der Waals surface area contributed by atoms with E-state index in [4.69, 9.17) is 0 Å². The predicted octanol–water partition coefficient (Wildman–Crippen LogP) is 7.20. The molecule has 1 N–H and O–H groups in total. The van der Waals surface area contributed by atoms with Crippen molar-refractivity contribution < 1.29 is 14.4 Å². The van der Waals surface area contributed by atoms with Gasteiger partial charge < -0.3 is 24.9 Å². The van der Waals surface area contributed by atoms with Crippen molar-refractivity contribution in [3.63, 3.8) is 0 Å². The van der Waals surface area contributed by atoms with E-state index in [0.717, 1.165) is 87.1 Å². The van der Waals surface area contributed by atoms with Crippen molar-refractivity contribution in [2.24, 2.45) is 0 Å². The molecule has 9 nitrogen and oxygen atoms in total. The number of nitrogens with one attached hydrogen (secondary N) is 1. The monoisotopic (exact) mass is 648 g/mol. The molecule has 5 amide bonds. The summed E-state index contributed by atoms with van der Waals surface area (Å²) in [5.74, 6) is -0.215. The normalized spacial score (nSPS) is 14.7. The molecular weight excluding hydrogens is 588 g/mol. The summed E-state index contributed by atoms with van der Waals surface area (Å²) in [5, 5.41) is 3.12. The van der Waals surface area contributed by atoms with E-state index in [1.54, 1.807) is 14.7 Å². The average molecular weight is 649 g/mol. The van der Waals surface area contributed by atoms with Crippen molar-refractivity contribution in [3.8, 4) is 0 Å². The Kier molecular flexibility index (Phi) is 16.1. The van der Waals surface area contributed by atoms with Crippen molar-refractivity contribution >= 4 is 29.3 Å². The highest BCUT2D eigenvalue weighted by Gasteiger charge is 2.40. The lowest BCUT2D eigenvalue weighted by atomic mass is 10.1. The molecule has 0 aromatic heterocycles. The van der Waals surface area contributed by atoms with Crippen LogP contribution in [0.3, 0.4) is 0 Å². The number of nitrogens with zero attached hydrogens (tertiary/aromatic N) is 5. The van der Waals surface area contributed by atoms with E-state index >= 15 is 0 Å². The Labute approximate surface area is 284 Å². The number of rotatable bonds is 17. The maximum atomic E-state index is 14.6. The molecule has 9 heteroatoms. The lowest BCUT2D eigenvalue weighted by Crippen LogP contribution is -2.64. The van der Waals surface area contributed by atoms with E-state index in [2.05, 4.69) is 44.0 Å². The number of carbonyl (C=O) groups excluding carboxylic acids is 3. The second-order valence-electron chi connectivity index (χ2n) is 12.8. The number of urea groups is 2. The number of benzene rings is 2. The first-order chi connectivity index (χ1) is 22.7. The van der Waals surface area contributed by atoms with Gasteiger partial charge in [0.25, 0.3) is 0 Å². The standard InChI is InChI=1S/C38H60N6O3/c1-7-11-16-23-41(24-17-12-8-2)37(46)42-25-26-43(35(30-42)36(45)39-21-18-22-40(9-3)10-4)38(47)44(33-19-14-13-15-20-33)34-28-31(5)27-32(6)29-34/h13-15,19-20,27-29,35H,7-12,16-18,21-26,30H2,1-6H3,(H,39,45)/t35-/m0/s1. The lowest BCUT2D eigenvalue weighted by Gasteiger charge is -2.43. The first kappa shape index (κ1) is 37.9. The number of piperazine rings is 1. The number of amides is 5. The van der Waals surface area contributed by atoms with Gasteiger partial charge in [-0.3, -0.25) is 9.69 Å². The maximum Gasteiger partial charge on any atom is 0.329 e. The third-order valence-corrected chi connectivity index (χ3v) is 9.05. The fourth-order valence-corrected chi connectivity index (χ4v) is 6.35. The van der Waals surface area contributed by atoms with E-state index in [0.29, 0.717) is 26.2 Å². The molecule has 0 unspecified atom stereocenters. The van der Waals surface area contributed by atoms with Crippen LogP contribution in [0.1, 0.15) is 83.8 Å². The quantitative estimate of drug-likeness (QED) is 0.184. The number of carbonyl (C=O) groups is 3. The molecule has 0 spiro atoms. The molecule has 0 bridgehead atoms. The van der Waals surface area contributed by atoms with Gasteiger partial charge in [-0.25, -0.2) is 9.59 Å². The van der Waals surface area contributed by atoms with E-state index < -0.39 is 6.04 Å². The van der Waals surface area contributed by atoms with Crippen LogP contribution in [0, 0.1) is 13.8 Å². The number of para-hydroxylation sites is 1. The minimum atomic E-state index is -0.807. The predicted molar refractivity (Wildman–Crippen MR) is 193 cm³/mol. The summed E-state index contributed by atoms with van der Waals surface area (Å²) in [6, 6.07) is 14.6. The molecule has 0 radical (unpaired) electrons. The number of anilines is 2. The van der Waals surface area contributed by atoms with Crippen molar-refractivity contribution in [2.75, 3.05) is 63.8 Å². The van der Waals surface area contributed by atoms with Crippen LogP contribution in [0.25, 0.3) is 0 Å². The second kappa shape index (κ2) is 19.9. The molecule has 0 aliphatic carbocycles. The van der Waals surface area contributed by atoms with E-state index in [1.165, 1.54) is 0 Å². The Balaban J connectivity index is 1.91. The molecule has 1 atom stereocenters. The largest absolute Gasteiger partial charge is 0.354 e. The van der Waals surface area contributed by atoms with Gasteiger partial charge in [0.15, 0.2) is 0 Å². The third kappa shape index (κ3) is 11.3. The molecule has 1 aliphatic rings. The summed E-state index contributed by atoms with van der Waals surface area (Å²) in [4.78, 5) is 52.1. The van der Waals surface area contributed by atoms with Gasteiger partial charge in [0.05, 0.1) is 17.9 Å². The molecule has 1 saturated heterocycles. The Hall–Kier alpha value is -3.59. The lowest BCUT2D eigenvalue weighted by molar-refractivity contribution is -0.127. The SMILES string of the molecule is CCCCCN(CCCCC)C(=O)N1CCN(C(=O)N(c2ccccc2)c2cc(C)cc(C)c2)[C@H](C(=O)NCCCN(CC)CC)C1. The Morgan fingerprint density at radius 1 is 0.745 bits per heavy atom. The van der Waals surface area contributed by atoms with E-state index in [9.17, 15) is 14.4 Å². The second-order valence-corrected chi connectivity index (χ2v) is 12.8. The molecule has 2 aromatic rings. The van der Waals surface area contributed by atoms with Gasteiger partial charge in [-0.15, -0.1) is 0 Å². The first-order valence-corrected chi connectivity index (χ1v) is 18.0. The van der Waals surface area contributed by atoms with Crippen LogP contribution >= 0.6 is 0 Å². The van der Waals surface area contributed by atoms with Gasteiger partial charge in [-0.05, 0) is 88.1 Å². The Morgan fingerprint density at radius 3 is 1.94 bits per heavy atom. The summed E-state index contributed by atoms with van der Waals surface area (Å²) >= 11 is 0. The summed E-state index contributed by atoms with van der Waals surface area (Å²) < 4.78 is 0. The van der Waals surface area contributed by atoms with Gasteiger partial charge in [-0.2, -0.15) is 0 Å². The smallest absolute Gasteiger partial charge is 0.329 e. The number of hydrogen-bond acceptors (Lipinski definition) is 4. The molecular formula is C38H60N6O3. The third-order valence-electron chi connectivity index (χ3n) is 9.05. The minimum Gasteiger partial charge on any atom is -0.354 e. The van der Waals surface area contributed by atoms with Crippen LogP contribution in [0.2, 0.25) is 0 Å². The molecule has 1 fully saturated rings. The Morgan fingerprint density at radius 2 is 1.36 bits per heavy atom. The van der Waals surface area contributed by atoms with Crippen LogP contribution in [-0.2, 0) is 4.79 Å². The van der Waals surface area contributed by atoms with Gasteiger partial charge in [0.2, 0.25) is 5.91 Å². The highest BCUT2D eigenvalue weighted by atomic mass is 16.2. The summed E-state index contributed by atoms with van der Waals surface area (Å²) in [6.45, 7) is 18.2. The highest BCUT2D eigenvalue weighted by Crippen LogP contribution is 2.30. The van der Waals surface area contributed by atoms with E-state index in [1.807, 2.05) is 61.2 Å². The van der Waals surface area contributed by atoms with Gasteiger partial charge in [-0.1, -0.05) is 77.6 Å². The van der Waals surface area contributed by atoms with Crippen LogP contribution in [0.5, 0.6) is 0 Å². The summed E-state index contributed by atoms with van der Waals surface area (Å²) in [6.07, 6.45) is 7.08. The molecule has 3 rings (SSSR count). The average Bonchev–Trinajstić information content (AvgIpc) is 3.07. The highest BCUT2D eigenvalue weighted by molar-refractivity contribution is 6.02.